The quantitative estimate of drug-likeness (QED) is 0.876. The topological polar surface area (TPSA) is 80.4 Å². The van der Waals surface area contributed by atoms with Gasteiger partial charge in [-0.3, -0.25) is 4.79 Å². The lowest BCUT2D eigenvalue weighted by atomic mass is 10.2. The van der Waals surface area contributed by atoms with Crippen LogP contribution in [0.1, 0.15) is 36.8 Å². The summed E-state index contributed by atoms with van der Waals surface area (Å²) in [6.07, 6.45) is 2.63. The number of amides is 3. The first kappa shape index (κ1) is 14.9. The lowest BCUT2D eigenvalue weighted by molar-refractivity contribution is 0.0927. The molecule has 1 atom stereocenters. The highest BCUT2D eigenvalue weighted by atomic mass is 79.9. The zero-order chi connectivity index (χ0) is 14.9. The van der Waals surface area contributed by atoms with Crippen molar-refractivity contribution in [1.29, 1.82) is 0 Å². The van der Waals surface area contributed by atoms with Crippen molar-refractivity contribution in [2.24, 2.45) is 5.73 Å². The van der Waals surface area contributed by atoms with Gasteiger partial charge in [-0.1, -0.05) is 0 Å². The van der Waals surface area contributed by atoms with Crippen molar-refractivity contribution in [3.8, 4) is 0 Å². The Morgan fingerprint density at radius 1 is 1.50 bits per heavy atom. The predicted octanol–water partition coefficient (Wildman–Crippen LogP) is 1.71. The van der Waals surface area contributed by atoms with Gasteiger partial charge in [-0.05, 0) is 42.3 Å². The van der Waals surface area contributed by atoms with Crippen LogP contribution in [-0.2, 0) is 0 Å². The lowest BCUT2D eigenvalue weighted by Gasteiger charge is -2.16. The minimum absolute atomic E-state index is 0.0377. The zero-order valence-corrected chi connectivity index (χ0v) is 13.2. The molecular formula is C13H19BrN4O2. The van der Waals surface area contributed by atoms with Gasteiger partial charge in [0.25, 0.3) is 5.91 Å². The van der Waals surface area contributed by atoms with Crippen LogP contribution < -0.4 is 11.1 Å². The molecule has 0 spiro atoms. The highest BCUT2D eigenvalue weighted by molar-refractivity contribution is 9.10. The van der Waals surface area contributed by atoms with Crippen molar-refractivity contribution in [3.05, 3.63) is 22.4 Å². The second-order valence-corrected chi connectivity index (χ2v) is 6.20. The number of nitrogens with one attached hydrogen (secondary N) is 1. The molecule has 0 aromatic carbocycles. The molecule has 1 saturated heterocycles. The highest BCUT2D eigenvalue weighted by Crippen LogP contribution is 2.20. The Labute approximate surface area is 126 Å². The van der Waals surface area contributed by atoms with Gasteiger partial charge >= 0.3 is 6.03 Å². The van der Waals surface area contributed by atoms with E-state index >= 15 is 0 Å². The number of primary amides is 1. The number of halogens is 1. The van der Waals surface area contributed by atoms with Crippen LogP contribution in [-0.4, -0.2) is 40.5 Å². The Morgan fingerprint density at radius 3 is 2.75 bits per heavy atom. The van der Waals surface area contributed by atoms with Crippen molar-refractivity contribution in [3.63, 3.8) is 0 Å². The van der Waals surface area contributed by atoms with Gasteiger partial charge in [0.1, 0.15) is 5.69 Å². The number of carbonyl (C=O) groups excluding carboxylic acids is 2. The van der Waals surface area contributed by atoms with Gasteiger partial charge in [0, 0.05) is 35.8 Å². The van der Waals surface area contributed by atoms with Crippen LogP contribution in [0.15, 0.2) is 16.7 Å². The van der Waals surface area contributed by atoms with Gasteiger partial charge in [-0.15, -0.1) is 0 Å². The van der Waals surface area contributed by atoms with E-state index in [1.807, 2.05) is 24.6 Å². The molecule has 1 aliphatic rings. The largest absolute Gasteiger partial charge is 0.351 e. The number of aromatic nitrogens is 1. The van der Waals surface area contributed by atoms with Gasteiger partial charge in [-0.25, -0.2) is 4.79 Å². The first-order valence-corrected chi connectivity index (χ1v) is 7.40. The fourth-order valence-corrected chi connectivity index (χ4v) is 2.83. The van der Waals surface area contributed by atoms with Crippen LogP contribution >= 0.6 is 15.9 Å². The van der Waals surface area contributed by atoms with Crippen LogP contribution in [0, 0.1) is 0 Å². The fraction of sp³-hybridized carbons (Fsp3) is 0.538. The van der Waals surface area contributed by atoms with E-state index in [2.05, 4.69) is 21.2 Å². The molecule has 20 heavy (non-hydrogen) atoms. The van der Waals surface area contributed by atoms with Gasteiger partial charge in [0.15, 0.2) is 0 Å². The minimum atomic E-state index is -0.435. The molecule has 0 unspecified atom stereocenters. The third kappa shape index (κ3) is 3.15. The SMILES string of the molecule is CC(C)n1cc(Br)cc1C(=O)N[C@H]1CCN(C(N)=O)C1. The third-order valence-corrected chi connectivity index (χ3v) is 3.87. The molecule has 110 valence electrons. The summed E-state index contributed by atoms with van der Waals surface area (Å²) in [5.41, 5.74) is 5.85. The van der Waals surface area contributed by atoms with Crippen molar-refractivity contribution in [2.45, 2.75) is 32.4 Å². The Hall–Kier alpha value is -1.50. The average molecular weight is 343 g/mol. The molecule has 1 aromatic heterocycles. The van der Waals surface area contributed by atoms with Gasteiger partial charge < -0.3 is 20.5 Å². The smallest absolute Gasteiger partial charge is 0.314 e. The summed E-state index contributed by atoms with van der Waals surface area (Å²) in [6.45, 7) is 5.11. The molecule has 2 rings (SSSR count). The summed E-state index contributed by atoms with van der Waals surface area (Å²) in [5, 5.41) is 2.96. The van der Waals surface area contributed by atoms with Crippen molar-refractivity contribution < 1.29 is 9.59 Å². The van der Waals surface area contributed by atoms with Crippen LogP contribution in [0.4, 0.5) is 4.79 Å². The molecule has 6 nitrogen and oxygen atoms in total. The van der Waals surface area contributed by atoms with E-state index in [-0.39, 0.29) is 18.0 Å². The number of nitrogens with two attached hydrogens (primary N) is 1. The number of hydrogen-bond acceptors (Lipinski definition) is 2. The molecule has 7 heteroatoms. The number of rotatable bonds is 3. The summed E-state index contributed by atoms with van der Waals surface area (Å²) in [6, 6.07) is 1.53. The van der Waals surface area contributed by atoms with Crippen molar-refractivity contribution in [1.82, 2.24) is 14.8 Å². The standard InChI is InChI=1S/C13H19BrN4O2/c1-8(2)18-6-9(14)5-11(18)12(19)16-10-3-4-17(7-10)13(15)20/h5-6,8,10H,3-4,7H2,1-2H3,(H2,15,20)(H,16,19)/t10-/m0/s1. The summed E-state index contributed by atoms with van der Waals surface area (Å²) in [4.78, 5) is 24.9. The van der Waals surface area contributed by atoms with Crippen LogP contribution in [0.3, 0.4) is 0 Å². The number of carbonyl (C=O) groups is 2. The molecule has 1 aliphatic heterocycles. The molecule has 0 aliphatic carbocycles. The minimum Gasteiger partial charge on any atom is -0.351 e. The van der Waals surface area contributed by atoms with Crippen LogP contribution in [0.5, 0.6) is 0 Å². The fourth-order valence-electron chi connectivity index (χ4n) is 2.39. The predicted molar refractivity (Wildman–Crippen MR) is 79.5 cm³/mol. The Morgan fingerprint density at radius 2 is 2.20 bits per heavy atom. The number of likely N-dealkylation sites (tertiary alicyclic amines) is 1. The number of nitrogens with zero attached hydrogens (tertiary/aromatic N) is 2. The van der Waals surface area contributed by atoms with E-state index in [0.717, 1.165) is 10.9 Å². The Kier molecular flexibility index (Phi) is 4.37. The molecular weight excluding hydrogens is 324 g/mol. The second-order valence-electron chi connectivity index (χ2n) is 5.29. The Balaban J connectivity index is 2.04. The number of urea groups is 1. The molecule has 0 radical (unpaired) electrons. The summed E-state index contributed by atoms with van der Waals surface area (Å²) in [5.74, 6) is -0.124. The van der Waals surface area contributed by atoms with E-state index in [1.54, 1.807) is 11.0 Å². The van der Waals surface area contributed by atoms with Crippen molar-refractivity contribution in [2.75, 3.05) is 13.1 Å². The Bertz CT molecular complexity index is 526. The van der Waals surface area contributed by atoms with E-state index < -0.39 is 6.03 Å². The van der Waals surface area contributed by atoms with E-state index in [9.17, 15) is 9.59 Å². The van der Waals surface area contributed by atoms with E-state index in [0.29, 0.717) is 18.8 Å². The van der Waals surface area contributed by atoms with Crippen LogP contribution in [0.25, 0.3) is 0 Å². The molecule has 1 aromatic rings. The zero-order valence-electron chi connectivity index (χ0n) is 11.6. The van der Waals surface area contributed by atoms with Gasteiger partial charge in [0.2, 0.25) is 0 Å². The maximum absolute atomic E-state index is 12.3. The average Bonchev–Trinajstić information content (AvgIpc) is 2.95. The first-order chi connectivity index (χ1) is 9.38. The van der Waals surface area contributed by atoms with Crippen molar-refractivity contribution >= 4 is 27.9 Å². The second kappa shape index (κ2) is 5.87. The van der Waals surface area contributed by atoms with Crippen LogP contribution in [0.2, 0.25) is 0 Å². The van der Waals surface area contributed by atoms with E-state index in [4.69, 9.17) is 5.73 Å². The summed E-state index contributed by atoms with van der Waals surface area (Å²) in [7, 11) is 0. The maximum atomic E-state index is 12.3. The maximum Gasteiger partial charge on any atom is 0.314 e. The number of hydrogen-bond donors (Lipinski definition) is 2. The van der Waals surface area contributed by atoms with Gasteiger partial charge in [-0.2, -0.15) is 0 Å². The first-order valence-electron chi connectivity index (χ1n) is 6.61. The third-order valence-electron chi connectivity index (χ3n) is 3.44. The normalized spacial score (nSPS) is 18.6. The molecule has 0 saturated carbocycles. The van der Waals surface area contributed by atoms with Gasteiger partial charge in [0.05, 0.1) is 0 Å². The molecule has 1 fully saturated rings. The lowest BCUT2D eigenvalue weighted by Crippen LogP contribution is -2.40. The molecule has 2 heterocycles. The summed E-state index contributed by atoms with van der Waals surface area (Å²) >= 11 is 3.39. The molecule has 0 bridgehead atoms. The van der Waals surface area contributed by atoms with E-state index in [1.165, 1.54) is 0 Å². The summed E-state index contributed by atoms with van der Waals surface area (Å²) < 4.78 is 2.79. The molecule has 3 amide bonds. The monoisotopic (exact) mass is 342 g/mol. The highest BCUT2D eigenvalue weighted by Gasteiger charge is 2.27. The molecule has 3 N–H and O–H groups in total.